The number of nitrogens with zero attached hydrogens (tertiary/aromatic N) is 1. The molecule has 0 unspecified atom stereocenters. The summed E-state index contributed by atoms with van der Waals surface area (Å²) >= 11 is 0.716. The van der Waals surface area contributed by atoms with E-state index in [1.807, 2.05) is 0 Å². The zero-order valence-corrected chi connectivity index (χ0v) is 14.4. The zero-order valence-electron chi connectivity index (χ0n) is 11.1. The predicted molar refractivity (Wildman–Crippen MR) is 76.2 cm³/mol. The van der Waals surface area contributed by atoms with Crippen molar-refractivity contribution < 1.29 is 22.7 Å². The Balaban J connectivity index is -0.000000216. The first-order chi connectivity index (χ1) is 7.01. The van der Waals surface area contributed by atoms with Crippen molar-refractivity contribution in [3.05, 3.63) is 0 Å². The molecule has 0 aromatic heterocycles. The summed E-state index contributed by atoms with van der Waals surface area (Å²) in [5.74, 6) is -0.651. The van der Waals surface area contributed by atoms with Crippen LogP contribution in [0.25, 0.3) is 0 Å². The van der Waals surface area contributed by atoms with Crippen LogP contribution in [-0.4, -0.2) is 82.9 Å². The minimum Gasteiger partial charge on any atom is -0.412 e. The fourth-order valence-corrected chi connectivity index (χ4v) is 1.66. The summed E-state index contributed by atoms with van der Waals surface area (Å²) < 4.78 is 6.01. The molecule has 1 aliphatic rings. The van der Waals surface area contributed by atoms with Crippen LogP contribution in [0.15, 0.2) is 0 Å². The molecule has 1 heterocycles. The van der Waals surface area contributed by atoms with Gasteiger partial charge in [0.05, 0.1) is 26.2 Å². The fraction of sp³-hybridized carbons (Fsp3) is 1.00. The van der Waals surface area contributed by atoms with Gasteiger partial charge in [-0.05, 0) is 27.7 Å². The van der Waals surface area contributed by atoms with Gasteiger partial charge in [0.15, 0.2) is 17.4 Å². The Morgan fingerprint density at radius 1 is 1.00 bits per heavy atom. The van der Waals surface area contributed by atoms with E-state index in [4.69, 9.17) is 3.02 Å². The average Bonchev–Trinajstić information content (AvgIpc) is 3.03. The summed E-state index contributed by atoms with van der Waals surface area (Å²) in [6.07, 6.45) is 0. The van der Waals surface area contributed by atoms with E-state index < -0.39 is 5.97 Å². The summed E-state index contributed by atoms with van der Waals surface area (Å²) in [4.78, 5) is 8.71. The van der Waals surface area contributed by atoms with E-state index in [9.17, 15) is 0 Å². The second kappa shape index (κ2) is 11.0. The second-order valence-corrected chi connectivity index (χ2v) is 4.43. The number of hydrogen-bond acceptors (Lipinski definition) is 3. The molecule has 0 aromatic carbocycles. The van der Waals surface area contributed by atoms with Crippen LogP contribution in [0.4, 0.5) is 0 Å². The van der Waals surface area contributed by atoms with Gasteiger partial charge < -0.3 is 9.96 Å². The largest absolute Gasteiger partial charge is 0.412 e. The molecule has 0 saturated carbocycles. The molecule has 17 heavy (non-hydrogen) atoms. The average molecular weight is 377 g/mol. The van der Waals surface area contributed by atoms with E-state index in [0.29, 0.717) is 23.4 Å². The molecule has 0 atom stereocenters. The summed E-state index contributed by atoms with van der Waals surface area (Å²) in [5.41, 5.74) is 0. The quantitative estimate of drug-likeness (QED) is 0.269. The molecule has 0 spiro atoms. The summed E-state index contributed by atoms with van der Waals surface area (Å²) in [7, 11) is 0. The van der Waals surface area contributed by atoms with Crippen LogP contribution in [-0.2, 0) is 12.8 Å². The third-order valence-electron chi connectivity index (χ3n) is 3.22. The van der Waals surface area contributed by atoms with Gasteiger partial charge in [-0.3, -0.25) is 0 Å². The van der Waals surface area contributed by atoms with Gasteiger partial charge in [-0.2, -0.15) is 0 Å². The summed E-state index contributed by atoms with van der Waals surface area (Å²) in [6, 6.07) is 0. The van der Waals surface area contributed by atoms with Crippen LogP contribution in [0, 0.1) is 0 Å². The van der Waals surface area contributed by atoms with E-state index in [0.717, 1.165) is 0 Å². The van der Waals surface area contributed by atoms with Crippen molar-refractivity contribution in [1.82, 2.24) is 0 Å². The minimum absolute atomic E-state index is 0. The van der Waals surface area contributed by atoms with Gasteiger partial charge in [-0.1, -0.05) is 0 Å². The molecule has 106 valence electrons. The van der Waals surface area contributed by atoms with Crippen LogP contribution in [0.1, 0.15) is 34.6 Å². The Morgan fingerprint density at radius 3 is 1.29 bits per heavy atom. The van der Waals surface area contributed by atoms with Gasteiger partial charge in [0, 0.05) is 0 Å². The number of quaternary nitrogens is 1. The van der Waals surface area contributed by atoms with Crippen LogP contribution in [0.5, 0.6) is 0 Å². The molecule has 1 rings (SSSR count). The van der Waals surface area contributed by atoms with Gasteiger partial charge >= 0.3 is 49.1 Å². The maximum absolute atomic E-state index is 4.73. The molecule has 0 bridgehead atoms. The first kappa shape index (κ1) is 23.3. The van der Waals surface area contributed by atoms with Crippen molar-refractivity contribution in [3.8, 4) is 0 Å². The molecule has 0 aliphatic carbocycles. The molecule has 1 aliphatic heterocycles. The first-order valence-corrected chi connectivity index (χ1v) is 6.95. The normalized spacial score (nSPS) is 15.9. The topological polar surface area (TPSA) is 65.8 Å². The smallest absolute Gasteiger partial charge is 0.187 e. The fourth-order valence-electron chi connectivity index (χ4n) is 1.44. The maximum Gasteiger partial charge on any atom is 0.187 e. The molecule has 2 N–H and O–H groups in total. The van der Waals surface area contributed by atoms with Crippen molar-refractivity contribution in [3.63, 3.8) is 0 Å². The zero-order chi connectivity index (χ0) is 11.9. The van der Waals surface area contributed by atoms with E-state index in [-0.39, 0.29) is 22.8 Å². The second-order valence-electron chi connectivity index (χ2n) is 3.75. The van der Waals surface area contributed by atoms with Gasteiger partial charge in [0.1, 0.15) is 0 Å². The molecule has 1 fully saturated rings. The Bertz CT molecular complexity index is 160. The van der Waals surface area contributed by atoms with E-state index in [2.05, 4.69) is 37.5 Å². The molecule has 5 nitrogen and oxygen atoms in total. The molecular weight excluding hydrogens is 347 g/mol. The Morgan fingerprint density at radius 2 is 1.29 bits per heavy atom. The standard InChI is InChI=1S/C8H20N.C2H3O3.Al.H2O.Sb.5H/c1-5-9(6-2,7-3)8-4;1-2(3)4-5-2;;;;;;;;/h5-8H2,1-4H3;1H3;;1H2;;;;;;/q+1;-1;;;+1;;;;;. The molecule has 0 aromatic rings. The van der Waals surface area contributed by atoms with Crippen molar-refractivity contribution in [2.24, 2.45) is 0 Å². The first-order valence-electron chi connectivity index (χ1n) is 5.61. The number of hydrogen-bond donors (Lipinski definition) is 0. The summed E-state index contributed by atoms with van der Waals surface area (Å²) in [5, 5.41) is 0. The molecular formula is C10H30AlNO4Sb+. The maximum atomic E-state index is 4.73. The van der Waals surface area contributed by atoms with Gasteiger partial charge in [-0.15, -0.1) is 0 Å². The molecule has 0 radical (unpaired) electrons. The van der Waals surface area contributed by atoms with Gasteiger partial charge in [0.25, 0.3) is 0 Å². The van der Waals surface area contributed by atoms with Crippen molar-refractivity contribution in [2.45, 2.75) is 40.6 Å². The van der Waals surface area contributed by atoms with Crippen molar-refractivity contribution in [1.29, 1.82) is 0 Å². The molecule has 7 heteroatoms. The number of rotatable bonds is 5. The summed E-state index contributed by atoms with van der Waals surface area (Å²) in [6.45, 7) is 15.9. The third kappa shape index (κ3) is 8.80. The van der Waals surface area contributed by atoms with Crippen LogP contribution >= 0.6 is 0 Å². The Labute approximate surface area is 130 Å². The van der Waals surface area contributed by atoms with E-state index in [1.54, 1.807) is 6.92 Å². The van der Waals surface area contributed by atoms with E-state index >= 15 is 0 Å². The third-order valence-corrected chi connectivity index (χ3v) is 4.44. The van der Waals surface area contributed by atoms with E-state index in [1.165, 1.54) is 30.7 Å². The van der Waals surface area contributed by atoms with Crippen LogP contribution in [0.3, 0.4) is 0 Å². The SMILES string of the molecule is CC1([O][SbH2])OO1.CC[N+](CC)(CC)CC.O.[AlH3]. The minimum atomic E-state index is -0.651. The predicted octanol–water partition coefficient (Wildman–Crippen LogP) is -0.939. The van der Waals surface area contributed by atoms with Crippen LogP contribution < -0.4 is 0 Å². The van der Waals surface area contributed by atoms with Gasteiger partial charge in [-0.25, -0.2) is 0 Å². The monoisotopic (exact) mass is 376 g/mol. The molecule has 0 amide bonds. The van der Waals surface area contributed by atoms with Crippen molar-refractivity contribution in [2.75, 3.05) is 26.2 Å². The van der Waals surface area contributed by atoms with Crippen LogP contribution in [0.2, 0.25) is 0 Å². The Kier molecular flexibility index (Phi) is 15.1. The van der Waals surface area contributed by atoms with Crippen molar-refractivity contribution >= 4 is 40.8 Å². The van der Waals surface area contributed by atoms with Gasteiger partial charge in [0.2, 0.25) is 0 Å². The molecule has 1 saturated heterocycles. The Hall–Kier alpha value is 1.15.